The number of para-hydroxylation sites is 1. The number of aromatic nitrogens is 2. The first-order valence-corrected chi connectivity index (χ1v) is 14.6. The molecule has 0 aliphatic rings. The molecule has 6 nitrogen and oxygen atoms in total. The van der Waals surface area contributed by atoms with Crippen molar-refractivity contribution < 1.29 is 13.7 Å². The highest BCUT2D eigenvalue weighted by molar-refractivity contribution is 7.82. The number of carbonyl (C=O) groups is 1. The van der Waals surface area contributed by atoms with Gasteiger partial charge in [0.1, 0.15) is 16.7 Å². The second-order valence-corrected chi connectivity index (χ2v) is 11.2. The molecule has 4 aromatic rings. The Kier molecular flexibility index (Phi) is 8.90. The molecule has 38 heavy (non-hydrogen) atoms. The van der Waals surface area contributed by atoms with E-state index in [1.165, 1.54) is 17.2 Å². The van der Waals surface area contributed by atoms with Crippen LogP contribution >= 0.6 is 11.6 Å². The maximum absolute atomic E-state index is 12.4. The highest BCUT2D eigenvalue weighted by Crippen LogP contribution is 2.36. The summed E-state index contributed by atoms with van der Waals surface area (Å²) in [5.41, 5.74) is 8.82. The average Bonchev–Trinajstić information content (AvgIpc) is 3.14. The molecule has 0 saturated carbocycles. The Labute approximate surface area is 232 Å². The van der Waals surface area contributed by atoms with Crippen molar-refractivity contribution in [1.29, 1.82) is 0 Å². The summed E-state index contributed by atoms with van der Waals surface area (Å²) in [6.45, 7) is 9.22. The molecule has 0 saturated heterocycles. The fraction of sp³-hybridized carbons (Fsp3) is 0.333. The zero-order chi connectivity index (χ0) is 27.4. The van der Waals surface area contributed by atoms with E-state index in [0.29, 0.717) is 13.2 Å². The van der Waals surface area contributed by atoms with Crippen LogP contribution in [0.15, 0.2) is 48.8 Å². The van der Waals surface area contributed by atoms with E-state index in [9.17, 15) is 9.00 Å². The molecule has 200 valence electrons. The minimum atomic E-state index is -1.38. The van der Waals surface area contributed by atoms with Crippen LogP contribution in [0, 0.1) is 27.7 Å². The number of rotatable bonds is 10. The Morgan fingerprint density at radius 1 is 1.08 bits per heavy atom. The summed E-state index contributed by atoms with van der Waals surface area (Å²) < 4.78 is 22.3. The molecule has 1 atom stereocenters. The minimum Gasteiger partial charge on any atom is -0.494 e. The van der Waals surface area contributed by atoms with Gasteiger partial charge in [0.05, 0.1) is 12.1 Å². The van der Waals surface area contributed by atoms with Crippen molar-refractivity contribution in [2.75, 3.05) is 12.9 Å². The normalized spacial score (nSPS) is 12.1. The summed E-state index contributed by atoms with van der Waals surface area (Å²) in [6.07, 6.45) is 7.07. The summed E-state index contributed by atoms with van der Waals surface area (Å²) >= 11 is 6.30. The molecule has 4 rings (SSSR count). The molecule has 0 radical (unpaired) electrons. The highest BCUT2D eigenvalue weighted by Gasteiger charge is 2.19. The van der Waals surface area contributed by atoms with E-state index < -0.39 is 11.0 Å². The largest absolute Gasteiger partial charge is 0.494 e. The van der Waals surface area contributed by atoms with Gasteiger partial charge in [-0.15, -0.1) is 0 Å². The molecule has 0 spiro atoms. The smallest absolute Gasteiger partial charge is 0.233 e. The number of amides is 1. The van der Waals surface area contributed by atoms with Gasteiger partial charge in [0.25, 0.3) is 0 Å². The van der Waals surface area contributed by atoms with Gasteiger partial charge in [-0.3, -0.25) is 14.5 Å². The van der Waals surface area contributed by atoms with Gasteiger partial charge >= 0.3 is 0 Å². The number of hydrogen-bond acceptors (Lipinski definition) is 4. The first-order chi connectivity index (χ1) is 18.2. The predicted octanol–water partition coefficient (Wildman–Crippen LogP) is 6.40. The summed E-state index contributed by atoms with van der Waals surface area (Å²) in [7, 11) is -1.38. The lowest BCUT2D eigenvalue weighted by molar-refractivity contribution is -0.119. The van der Waals surface area contributed by atoms with Crippen LogP contribution in [0.25, 0.3) is 22.0 Å². The van der Waals surface area contributed by atoms with Gasteiger partial charge in [0.15, 0.2) is 0 Å². The van der Waals surface area contributed by atoms with Crippen molar-refractivity contribution >= 4 is 39.4 Å². The third-order valence-corrected chi connectivity index (χ3v) is 7.96. The van der Waals surface area contributed by atoms with Crippen LogP contribution in [0.5, 0.6) is 5.75 Å². The van der Waals surface area contributed by atoms with Crippen molar-refractivity contribution in [3.8, 4) is 16.9 Å². The third kappa shape index (κ3) is 6.11. The van der Waals surface area contributed by atoms with Gasteiger partial charge in [-0.05, 0) is 86.6 Å². The Morgan fingerprint density at radius 3 is 2.50 bits per heavy atom. The van der Waals surface area contributed by atoms with Gasteiger partial charge in [-0.1, -0.05) is 29.8 Å². The van der Waals surface area contributed by atoms with Gasteiger partial charge in [0, 0.05) is 53.3 Å². The molecule has 1 unspecified atom stereocenters. The van der Waals surface area contributed by atoms with Crippen LogP contribution in [0.4, 0.5) is 0 Å². The van der Waals surface area contributed by atoms with Crippen LogP contribution < -0.4 is 9.46 Å². The number of aryl methyl sites for hydroxylation is 5. The van der Waals surface area contributed by atoms with Gasteiger partial charge in [-0.2, -0.15) is 0 Å². The number of hydrogen-bond donors (Lipinski definition) is 1. The minimum absolute atomic E-state index is 0.229. The number of nitrogens with zero attached hydrogens (tertiary/aromatic N) is 2. The number of nitrogens with one attached hydrogen (secondary N) is 1. The van der Waals surface area contributed by atoms with E-state index >= 15 is 0 Å². The number of ether oxygens (including phenoxy) is 1. The van der Waals surface area contributed by atoms with Crippen LogP contribution in [-0.2, 0) is 28.7 Å². The third-order valence-electron chi connectivity index (χ3n) is 6.85. The number of carbonyl (C=O) groups excluding carboxylic acids is 1. The monoisotopic (exact) mass is 551 g/mol. The molecular weight excluding hydrogens is 518 g/mol. The van der Waals surface area contributed by atoms with Crippen molar-refractivity contribution in [2.24, 2.45) is 0 Å². The van der Waals surface area contributed by atoms with Gasteiger partial charge in [0.2, 0.25) is 5.91 Å². The van der Waals surface area contributed by atoms with Crippen molar-refractivity contribution in [3.05, 3.63) is 81.8 Å². The quantitative estimate of drug-likeness (QED) is 0.231. The number of pyridine rings is 1. The maximum atomic E-state index is 12.4. The SMILES string of the molecule is Cc1cnccc1-c1cccc2c(CCCOc3cc(C)c(Cl)c(C)c3)c(C)n(CCC(=O)NS(C)=O)c12. The molecule has 2 aromatic carbocycles. The zero-order valence-electron chi connectivity index (χ0n) is 22.6. The van der Waals surface area contributed by atoms with E-state index in [0.717, 1.165) is 62.6 Å². The van der Waals surface area contributed by atoms with Crippen molar-refractivity contribution in [3.63, 3.8) is 0 Å². The molecule has 2 heterocycles. The molecule has 1 N–H and O–H groups in total. The number of fused-ring (bicyclic) bond motifs is 1. The molecule has 2 aromatic heterocycles. The number of halogens is 1. The van der Waals surface area contributed by atoms with E-state index in [2.05, 4.69) is 46.3 Å². The van der Waals surface area contributed by atoms with Crippen LogP contribution in [0.3, 0.4) is 0 Å². The van der Waals surface area contributed by atoms with E-state index in [1.807, 2.05) is 44.4 Å². The van der Waals surface area contributed by atoms with Crippen LogP contribution in [-0.4, -0.2) is 32.5 Å². The van der Waals surface area contributed by atoms with Crippen LogP contribution in [0.1, 0.15) is 40.8 Å². The Hall–Kier alpha value is -3.16. The number of benzene rings is 2. The average molecular weight is 552 g/mol. The topological polar surface area (TPSA) is 73.2 Å². The standard InChI is InChI=1S/C30H34ClN3O3S/c1-19-16-23(17-20(2)29(19)31)37-15-7-10-25-22(4)34(14-12-28(35)33-38(5)36)30-26(8-6-9-27(25)30)24-11-13-32-18-21(24)3/h6,8-9,11,13,16-18H,7,10,12,14-15H2,1-5H3,(H,33,35). The molecular formula is C30H34ClN3O3S. The van der Waals surface area contributed by atoms with E-state index in [1.54, 1.807) is 0 Å². The molecule has 0 bridgehead atoms. The summed E-state index contributed by atoms with van der Waals surface area (Å²) in [5.74, 6) is 0.603. The van der Waals surface area contributed by atoms with E-state index in [-0.39, 0.29) is 12.3 Å². The molecule has 8 heteroatoms. The Morgan fingerprint density at radius 2 is 1.82 bits per heavy atom. The molecule has 0 aliphatic heterocycles. The van der Waals surface area contributed by atoms with Gasteiger partial charge in [-0.25, -0.2) is 4.21 Å². The Bertz CT molecular complexity index is 1490. The second kappa shape index (κ2) is 12.1. The lowest BCUT2D eigenvalue weighted by Crippen LogP contribution is -2.25. The zero-order valence-corrected chi connectivity index (χ0v) is 24.1. The van der Waals surface area contributed by atoms with Crippen molar-refractivity contribution in [2.45, 2.75) is 53.5 Å². The molecule has 0 aliphatic carbocycles. The van der Waals surface area contributed by atoms with Gasteiger partial charge < -0.3 is 9.30 Å². The fourth-order valence-electron chi connectivity index (χ4n) is 5.04. The van der Waals surface area contributed by atoms with Crippen LogP contribution in [0.2, 0.25) is 5.02 Å². The molecule has 0 fully saturated rings. The lowest BCUT2D eigenvalue weighted by Gasteiger charge is -2.13. The highest BCUT2D eigenvalue weighted by atomic mass is 35.5. The first-order valence-electron chi connectivity index (χ1n) is 12.7. The summed E-state index contributed by atoms with van der Waals surface area (Å²) in [5, 5.41) is 1.95. The fourth-order valence-corrected chi connectivity index (χ4v) is 5.58. The summed E-state index contributed by atoms with van der Waals surface area (Å²) in [4.78, 5) is 16.6. The molecule has 1 amide bonds. The first kappa shape index (κ1) is 27.9. The predicted molar refractivity (Wildman–Crippen MR) is 156 cm³/mol. The van der Waals surface area contributed by atoms with Crippen molar-refractivity contribution in [1.82, 2.24) is 14.3 Å². The maximum Gasteiger partial charge on any atom is 0.233 e. The second-order valence-electron chi connectivity index (χ2n) is 9.66. The Balaban J connectivity index is 1.64. The van der Waals surface area contributed by atoms with E-state index in [4.69, 9.17) is 16.3 Å². The summed E-state index contributed by atoms with van der Waals surface area (Å²) in [6, 6.07) is 12.4. The lowest BCUT2D eigenvalue weighted by atomic mass is 9.98.